The maximum Gasteiger partial charge on any atom is 0.347 e. The van der Waals surface area contributed by atoms with Gasteiger partial charge in [-0.1, -0.05) is 0 Å². The van der Waals surface area contributed by atoms with E-state index < -0.39 is 28.7 Å². The van der Waals surface area contributed by atoms with E-state index in [4.69, 9.17) is 14.2 Å². The smallest absolute Gasteiger partial charge is 0.347 e. The number of carbonyl (C=O) groups is 2. The first-order chi connectivity index (χ1) is 14.7. The van der Waals surface area contributed by atoms with Gasteiger partial charge in [-0.25, -0.2) is 13.2 Å². The Morgan fingerprint density at radius 3 is 2.42 bits per heavy atom. The molecule has 8 nitrogen and oxygen atoms in total. The molecule has 0 fully saturated rings. The Labute approximate surface area is 181 Å². The molecule has 0 spiro atoms. The van der Waals surface area contributed by atoms with E-state index in [9.17, 15) is 18.0 Å². The molecule has 2 aromatic carbocycles. The Hall–Kier alpha value is -3.07. The molecular formula is C22H25NO7S. The summed E-state index contributed by atoms with van der Waals surface area (Å²) in [6.07, 6.45) is -0.364. The first-order valence-corrected chi connectivity index (χ1v) is 11.5. The number of esters is 1. The number of hydrogen-bond acceptors (Lipinski definition) is 7. The van der Waals surface area contributed by atoms with E-state index in [1.54, 1.807) is 56.5 Å². The fraction of sp³-hybridized carbons (Fsp3) is 0.364. The van der Waals surface area contributed by atoms with Gasteiger partial charge in [-0.05, 0) is 68.3 Å². The molecule has 1 atom stereocenters. The van der Waals surface area contributed by atoms with Gasteiger partial charge in [0.2, 0.25) is 10.0 Å². The Balaban J connectivity index is 1.57. The molecule has 0 radical (unpaired) electrons. The van der Waals surface area contributed by atoms with E-state index >= 15 is 0 Å². The van der Waals surface area contributed by atoms with Crippen molar-refractivity contribution in [1.29, 1.82) is 0 Å². The lowest BCUT2D eigenvalue weighted by atomic mass is 10.1. The predicted molar refractivity (Wildman–Crippen MR) is 115 cm³/mol. The van der Waals surface area contributed by atoms with Crippen LogP contribution in [0.3, 0.4) is 0 Å². The molecule has 0 amide bonds. The highest BCUT2D eigenvalue weighted by molar-refractivity contribution is 7.92. The molecular weight excluding hydrogens is 422 g/mol. The second-order valence-corrected chi connectivity index (χ2v) is 9.21. The zero-order valence-electron chi connectivity index (χ0n) is 17.7. The number of ketones is 1. The van der Waals surface area contributed by atoms with Gasteiger partial charge in [0.1, 0.15) is 11.5 Å². The van der Waals surface area contributed by atoms with Gasteiger partial charge in [0.25, 0.3) is 0 Å². The van der Waals surface area contributed by atoms with Gasteiger partial charge < -0.3 is 14.2 Å². The highest BCUT2D eigenvalue weighted by Crippen LogP contribution is 2.31. The van der Waals surface area contributed by atoms with Crippen molar-refractivity contribution >= 4 is 27.5 Å². The van der Waals surface area contributed by atoms with Crippen molar-refractivity contribution < 1.29 is 32.2 Å². The molecule has 3 rings (SSSR count). The Morgan fingerprint density at radius 1 is 1.10 bits per heavy atom. The predicted octanol–water partition coefficient (Wildman–Crippen LogP) is 2.60. The summed E-state index contributed by atoms with van der Waals surface area (Å²) in [7, 11) is -1.79. The van der Waals surface area contributed by atoms with E-state index in [1.165, 1.54) is 11.2 Å². The summed E-state index contributed by atoms with van der Waals surface area (Å²) in [5.41, 5.74) is 1.74. The standard InChI is InChI=1S/C22H25NO7S/c1-4-31(26,27)23-12-11-16-13-17(5-10-20(16)23)21(24)14-29-22(25)15(2)30-19-8-6-18(28-3)7-9-19/h5-10,13,15H,4,11-12,14H2,1-3H3. The van der Waals surface area contributed by atoms with Crippen LogP contribution >= 0.6 is 0 Å². The summed E-state index contributed by atoms with van der Waals surface area (Å²) in [5, 5.41) is 0. The van der Waals surface area contributed by atoms with Gasteiger partial charge in [-0.2, -0.15) is 0 Å². The van der Waals surface area contributed by atoms with Crippen LogP contribution in [0.2, 0.25) is 0 Å². The van der Waals surface area contributed by atoms with Crippen molar-refractivity contribution in [3.63, 3.8) is 0 Å². The van der Waals surface area contributed by atoms with Crippen LogP contribution in [0.1, 0.15) is 29.8 Å². The Kier molecular flexibility index (Phi) is 6.84. The van der Waals surface area contributed by atoms with Crippen molar-refractivity contribution in [1.82, 2.24) is 0 Å². The third kappa shape index (κ3) is 5.16. The third-order valence-corrected chi connectivity index (χ3v) is 6.79. The van der Waals surface area contributed by atoms with Gasteiger partial charge in [0, 0.05) is 12.1 Å². The van der Waals surface area contributed by atoms with Crippen molar-refractivity contribution in [3.8, 4) is 11.5 Å². The average Bonchev–Trinajstić information content (AvgIpc) is 3.21. The SMILES string of the molecule is CCS(=O)(=O)N1CCc2cc(C(=O)COC(=O)C(C)Oc3ccc(OC)cc3)ccc21. The number of fused-ring (bicyclic) bond motifs is 1. The minimum absolute atomic E-state index is 0.0137. The average molecular weight is 448 g/mol. The lowest BCUT2D eigenvalue weighted by Crippen LogP contribution is -2.30. The zero-order chi connectivity index (χ0) is 22.6. The largest absolute Gasteiger partial charge is 0.497 e. The quantitative estimate of drug-likeness (QED) is 0.430. The molecule has 0 N–H and O–H groups in total. The number of benzene rings is 2. The van der Waals surface area contributed by atoms with E-state index in [-0.39, 0.29) is 11.5 Å². The van der Waals surface area contributed by atoms with Gasteiger partial charge in [-0.15, -0.1) is 0 Å². The minimum Gasteiger partial charge on any atom is -0.497 e. The second-order valence-electron chi connectivity index (χ2n) is 7.03. The molecule has 1 aliphatic rings. The first kappa shape index (κ1) is 22.6. The fourth-order valence-corrected chi connectivity index (χ4v) is 4.39. The van der Waals surface area contributed by atoms with Crippen molar-refractivity contribution in [2.24, 2.45) is 0 Å². The molecule has 1 aliphatic heterocycles. The molecule has 9 heteroatoms. The second kappa shape index (κ2) is 9.38. The number of rotatable bonds is 9. The number of anilines is 1. The molecule has 0 saturated carbocycles. The molecule has 166 valence electrons. The number of hydrogen-bond donors (Lipinski definition) is 0. The number of Topliss-reactive ketones (excluding diaryl/α,β-unsaturated/α-hetero) is 1. The van der Waals surface area contributed by atoms with E-state index in [0.29, 0.717) is 35.7 Å². The molecule has 1 heterocycles. The Bertz CT molecular complexity index is 1060. The highest BCUT2D eigenvalue weighted by atomic mass is 32.2. The normalized spacial score (nSPS) is 14.0. The van der Waals surface area contributed by atoms with E-state index in [2.05, 4.69) is 0 Å². The number of sulfonamides is 1. The topological polar surface area (TPSA) is 99.2 Å². The third-order valence-electron chi connectivity index (χ3n) is 5.00. The number of methoxy groups -OCH3 is 1. The van der Waals surface area contributed by atoms with Crippen molar-refractivity contribution in [2.45, 2.75) is 26.4 Å². The summed E-state index contributed by atoms with van der Waals surface area (Å²) in [5.74, 6) is 0.120. The molecule has 0 bridgehead atoms. The number of ether oxygens (including phenoxy) is 3. The molecule has 1 unspecified atom stereocenters. The van der Waals surface area contributed by atoms with Crippen LogP contribution in [0.15, 0.2) is 42.5 Å². The fourth-order valence-electron chi connectivity index (χ4n) is 3.23. The summed E-state index contributed by atoms with van der Waals surface area (Å²) in [4.78, 5) is 24.7. The van der Waals surface area contributed by atoms with Crippen LogP contribution < -0.4 is 13.8 Å². The monoisotopic (exact) mass is 447 g/mol. The van der Waals surface area contributed by atoms with E-state index in [1.807, 2.05) is 0 Å². The minimum atomic E-state index is -3.35. The van der Waals surface area contributed by atoms with Crippen LogP contribution in [0.25, 0.3) is 0 Å². The molecule has 2 aromatic rings. The van der Waals surface area contributed by atoms with Gasteiger partial charge in [-0.3, -0.25) is 9.10 Å². The van der Waals surface area contributed by atoms with E-state index in [0.717, 1.165) is 5.56 Å². The van der Waals surface area contributed by atoms with Gasteiger partial charge in [0.05, 0.1) is 18.6 Å². The lowest BCUT2D eigenvalue weighted by molar-refractivity contribution is -0.149. The summed E-state index contributed by atoms with van der Waals surface area (Å²) >= 11 is 0. The van der Waals surface area contributed by atoms with Crippen LogP contribution in [0.4, 0.5) is 5.69 Å². The van der Waals surface area contributed by atoms with Crippen molar-refractivity contribution in [3.05, 3.63) is 53.6 Å². The maximum absolute atomic E-state index is 12.5. The van der Waals surface area contributed by atoms with Crippen LogP contribution in [-0.2, 0) is 26.0 Å². The maximum atomic E-state index is 12.5. The molecule has 0 aliphatic carbocycles. The van der Waals surface area contributed by atoms with Gasteiger partial charge >= 0.3 is 5.97 Å². The summed E-state index contributed by atoms with van der Waals surface area (Å²) in [6, 6.07) is 11.6. The zero-order valence-corrected chi connectivity index (χ0v) is 18.5. The summed E-state index contributed by atoms with van der Waals surface area (Å²) < 4.78 is 41.4. The van der Waals surface area contributed by atoms with Crippen LogP contribution in [0.5, 0.6) is 11.5 Å². The molecule has 0 aromatic heterocycles. The first-order valence-electron chi connectivity index (χ1n) is 9.89. The Morgan fingerprint density at radius 2 is 1.77 bits per heavy atom. The van der Waals surface area contributed by atoms with Crippen molar-refractivity contribution in [2.75, 3.05) is 30.3 Å². The lowest BCUT2D eigenvalue weighted by Gasteiger charge is -2.18. The molecule has 0 saturated heterocycles. The number of nitrogens with zero attached hydrogens (tertiary/aromatic N) is 1. The highest BCUT2D eigenvalue weighted by Gasteiger charge is 2.28. The molecule has 31 heavy (non-hydrogen) atoms. The summed E-state index contributed by atoms with van der Waals surface area (Å²) in [6.45, 7) is 3.07. The van der Waals surface area contributed by atoms with Crippen LogP contribution in [-0.4, -0.2) is 52.3 Å². The number of carbonyl (C=O) groups excluding carboxylic acids is 2. The van der Waals surface area contributed by atoms with Crippen LogP contribution in [0, 0.1) is 0 Å². The van der Waals surface area contributed by atoms with Gasteiger partial charge in [0.15, 0.2) is 18.5 Å².